The topological polar surface area (TPSA) is 0 Å². The quantitative estimate of drug-likeness (QED) is 0.300. The van der Waals surface area contributed by atoms with Crippen molar-refractivity contribution in [2.24, 2.45) is 5.92 Å². The van der Waals surface area contributed by atoms with E-state index >= 15 is 0 Å². The van der Waals surface area contributed by atoms with Gasteiger partial charge in [-0.15, -0.1) is 0 Å². The molecular formula is C18H36. The molecule has 0 amide bonds. The number of rotatable bonds is 14. The minimum Gasteiger partial charge on any atom is -0.0625 e. The van der Waals surface area contributed by atoms with Gasteiger partial charge in [0.15, 0.2) is 0 Å². The molecule has 2 radical (unpaired) electrons. The average Bonchev–Trinajstić information content (AvgIpc) is 2.38. The maximum Gasteiger partial charge on any atom is -0.0443 e. The first kappa shape index (κ1) is 18.0. The fourth-order valence-electron chi connectivity index (χ4n) is 2.54. The molecule has 0 saturated carbocycles. The van der Waals surface area contributed by atoms with Crippen LogP contribution in [0.2, 0.25) is 0 Å². The SMILES string of the molecule is [CH2]CCCCCCCC(C)CCCCCCC[CH2]. The second-order valence-electron chi connectivity index (χ2n) is 5.93. The Balaban J connectivity index is 3.10. The Morgan fingerprint density at radius 1 is 0.556 bits per heavy atom. The van der Waals surface area contributed by atoms with Gasteiger partial charge in [0, 0.05) is 0 Å². The van der Waals surface area contributed by atoms with Crippen LogP contribution in [0, 0.1) is 19.8 Å². The smallest absolute Gasteiger partial charge is 0.0443 e. The summed E-state index contributed by atoms with van der Waals surface area (Å²) in [6.07, 6.45) is 19.2. The summed E-state index contributed by atoms with van der Waals surface area (Å²) in [6.45, 7) is 10.2. The lowest BCUT2D eigenvalue weighted by Gasteiger charge is -2.10. The molecule has 0 aliphatic heterocycles. The molecule has 0 aliphatic carbocycles. The fraction of sp³-hybridized carbons (Fsp3) is 0.889. The van der Waals surface area contributed by atoms with Crippen LogP contribution in [0.4, 0.5) is 0 Å². The van der Waals surface area contributed by atoms with Crippen LogP contribution in [-0.2, 0) is 0 Å². The fourth-order valence-corrected chi connectivity index (χ4v) is 2.54. The molecule has 0 spiro atoms. The van der Waals surface area contributed by atoms with Crippen LogP contribution in [-0.4, -0.2) is 0 Å². The molecule has 0 heteroatoms. The Labute approximate surface area is 117 Å². The largest absolute Gasteiger partial charge is 0.0625 e. The Morgan fingerprint density at radius 2 is 0.889 bits per heavy atom. The Bertz CT molecular complexity index is 123. The predicted octanol–water partition coefficient (Wildman–Crippen LogP) is 6.75. The first-order valence-corrected chi connectivity index (χ1v) is 8.39. The molecule has 0 heterocycles. The molecule has 0 aromatic rings. The molecule has 0 bridgehead atoms. The van der Waals surface area contributed by atoms with Crippen LogP contribution in [0.1, 0.15) is 96.8 Å². The highest BCUT2D eigenvalue weighted by atomic mass is 14.1. The molecule has 0 fully saturated rings. The van der Waals surface area contributed by atoms with Gasteiger partial charge in [-0.05, 0) is 5.92 Å². The van der Waals surface area contributed by atoms with E-state index in [-0.39, 0.29) is 0 Å². The molecule has 0 saturated heterocycles. The van der Waals surface area contributed by atoms with Crippen LogP contribution in [0.25, 0.3) is 0 Å². The van der Waals surface area contributed by atoms with Gasteiger partial charge in [0.05, 0.1) is 0 Å². The third-order valence-electron chi connectivity index (χ3n) is 3.89. The standard InChI is InChI=1S/C18H36/c1-4-6-8-10-12-14-16-18(3)17-15-13-11-9-7-5-2/h18H,1-2,4-17H2,3H3. The van der Waals surface area contributed by atoms with Gasteiger partial charge in [-0.25, -0.2) is 0 Å². The zero-order valence-corrected chi connectivity index (χ0v) is 12.9. The molecule has 0 rings (SSSR count). The Kier molecular flexibility index (Phi) is 15.1. The van der Waals surface area contributed by atoms with E-state index in [4.69, 9.17) is 0 Å². The van der Waals surface area contributed by atoms with Gasteiger partial charge < -0.3 is 0 Å². The van der Waals surface area contributed by atoms with Gasteiger partial charge in [-0.3, -0.25) is 0 Å². The van der Waals surface area contributed by atoms with Gasteiger partial charge >= 0.3 is 0 Å². The van der Waals surface area contributed by atoms with Crippen LogP contribution >= 0.6 is 0 Å². The van der Waals surface area contributed by atoms with E-state index in [1.807, 2.05) is 0 Å². The molecular weight excluding hydrogens is 216 g/mol. The summed E-state index contributed by atoms with van der Waals surface area (Å²) >= 11 is 0. The summed E-state index contributed by atoms with van der Waals surface area (Å²) in [5, 5.41) is 0. The average molecular weight is 252 g/mol. The zero-order chi connectivity index (χ0) is 13.5. The summed E-state index contributed by atoms with van der Waals surface area (Å²) in [7, 11) is 0. The van der Waals surface area contributed by atoms with Crippen molar-refractivity contribution in [2.75, 3.05) is 0 Å². The summed E-state index contributed by atoms with van der Waals surface area (Å²) < 4.78 is 0. The van der Waals surface area contributed by atoms with Crippen LogP contribution in [0.3, 0.4) is 0 Å². The minimum absolute atomic E-state index is 0.950. The highest BCUT2D eigenvalue weighted by Gasteiger charge is 2.01. The second-order valence-corrected chi connectivity index (χ2v) is 5.93. The number of unbranched alkanes of at least 4 members (excludes halogenated alkanes) is 10. The molecule has 0 nitrogen and oxygen atoms in total. The van der Waals surface area contributed by atoms with Gasteiger partial charge in [-0.1, -0.05) is 111 Å². The summed E-state index contributed by atoms with van der Waals surface area (Å²) in [5.41, 5.74) is 0. The molecule has 0 unspecified atom stereocenters. The van der Waals surface area contributed by atoms with Crippen molar-refractivity contribution < 1.29 is 0 Å². The van der Waals surface area contributed by atoms with E-state index in [1.165, 1.54) is 77.0 Å². The molecule has 0 N–H and O–H groups in total. The van der Waals surface area contributed by atoms with Crippen molar-refractivity contribution in [3.63, 3.8) is 0 Å². The van der Waals surface area contributed by atoms with Crippen molar-refractivity contribution in [1.82, 2.24) is 0 Å². The normalized spacial score (nSPS) is 11.3. The van der Waals surface area contributed by atoms with Crippen molar-refractivity contribution in [3.8, 4) is 0 Å². The summed E-state index contributed by atoms with van der Waals surface area (Å²) in [4.78, 5) is 0. The highest BCUT2D eigenvalue weighted by Crippen LogP contribution is 2.18. The third kappa shape index (κ3) is 14.1. The maximum absolute atomic E-state index is 3.89. The predicted molar refractivity (Wildman–Crippen MR) is 84.5 cm³/mol. The van der Waals surface area contributed by atoms with Crippen molar-refractivity contribution in [1.29, 1.82) is 0 Å². The molecule has 0 aromatic carbocycles. The van der Waals surface area contributed by atoms with Crippen molar-refractivity contribution >= 4 is 0 Å². The third-order valence-corrected chi connectivity index (χ3v) is 3.89. The Hall–Kier alpha value is 0. The van der Waals surface area contributed by atoms with Crippen molar-refractivity contribution in [2.45, 2.75) is 96.8 Å². The zero-order valence-electron chi connectivity index (χ0n) is 12.9. The number of hydrogen-bond donors (Lipinski definition) is 0. The van der Waals surface area contributed by atoms with E-state index in [2.05, 4.69) is 20.8 Å². The lowest BCUT2D eigenvalue weighted by molar-refractivity contribution is 0.432. The van der Waals surface area contributed by atoms with Gasteiger partial charge in [-0.2, -0.15) is 0 Å². The Morgan fingerprint density at radius 3 is 1.28 bits per heavy atom. The minimum atomic E-state index is 0.950. The highest BCUT2D eigenvalue weighted by molar-refractivity contribution is 4.56. The van der Waals surface area contributed by atoms with Crippen molar-refractivity contribution in [3.05, 3.63) is 13.8 Å². The molecule has 0 aromatic heterocycles. The van der Waals surface area contributed by atoms with Gasteiger partial charge in [0.25, 0.3) is 0 Å². The monoisotopic (exact) mass is 252 g/mol. The molecule has 108 valence electrons. The van der Waals surface area contributed by atoms with Gasteiger partial charge in [0.2, 0.25) is 0 Å². The van der Waals surface area contributed by atoms with E-state index < -0.39 is 0 Å². The van der Waals surface area contributed by atoms with Crippen LogP contribution in [0.5, 0.6) is 0 Å². The molecule has 0 atom stereocenters. The molecule has 18 heavy (non-hydrogen) atoms. The first-order valence-electron chi connectivity index (χ1n) is 8.39. The van der Waals surface area contributed by atoms with E-state index in [0.717, 1.165) is 18.8 Å². The number of hydrogen-bond acceptors (Lipinski definition) is 0. The molecule has 0 aliphatic rings. The van der Waals surface area contributed by atoms with E-state index in [9.17, 15) is 0 Å². The summed E-state index contributed by atoms with van der Waals surface area (Å²) in [6, 6.07) is 0. The first-order chi connectivity index (χ1) is 8.81. The van der Waals surface area contributed by atoms with Gasteiger partial charge in [0.1, 0.15) is 0 Å². The van der Waals surface area contributed by atoms with Crippen LogP contribution < -0.4 is 0 Å². The van der Waals surface area contributed by atoms with E-state index in [0.29, 0.717) is 0 Å². The second kappa shape index (κ2) is 15.1. The summed E-state index contributed by atoms with van der Waals surface area (Å²) in [5.74, 6) is 0.950. The maximum atomic E-state index is 3.89. The lowest BCUT2D eigenvalue weighted by atomic mass is 9.96. The van der Waals surface area contributed by atoms with Crippen LogP contribution in [0.15, 0.2) is 0 Å². The van der Waals surface area contributed by atoms with E-state index in [1.54, 1.807) is 0 Å². The lowest BCUT2D eigenvalue weighted by Crippen LogP contribution is -1.95.